The van der Waals surface area contributed by atoms with Gasteiger partial charge >= 0.3 is 0 Å². The first-order chi connectivity index (χ1) is 8.74. The monoisotopic (exact) mass is 246 g/mol. The minimum Gasteiger partial charge on any atom is -0.369 e. The Hall–Kier alpha value is -1.95. The molecule has 0 radical (unpaired) electrons. The molecule has 2 N–H and O–H groups in total. The summed E-state index contributed by atoms with van der Waals surface area (Å²) in [6.45, 7) is 2.35. The number of fused-ring (bicyclic) bond motifs is 1. The van der Waals surface area contributed by atoms with Gasteiger partial charge in [-0.15, -0.1) is 0 Å². The topological polar surface area (TPSA) is 85.3 Å². The predicted molar refractivity (Wildman–Crippen MR) is 64.4 cm³/mol. The molecule has 0 bridgehead atoms. The summed E-state index contributed by atoms with van der Waals surface area (Å²) < 4.78 is 4.74. The largest absolute Gasteiger partial charge is 0.369 e. The third kappa shape index (κ3) is 1.95. The summed E-state index contributed by atoms with van der Waals surface area (Å²) in [6.07, 6.45) is 0.836. The molecule has 1 saturated heterocycles. The van der Waals surface area contributed by atoms with E-state index in [0.29, 0.717) is 0 Å². The van der Waals surface area contributed by atoms with Crippen molar-refractivity contribution in [2.24, 2.45) is 11.7 Å². The summed E-state index contributed by atoms with van der Waals surface area (Å²) >= 11 is 0. The molecule has 1 fully saturated rings. The van der Waals surface area contributed by atoms with Crippen molar-refractivity contribution < 1.29 is 9.42 Å². The number of nitrogens with zero attached hydrogens (tertiary/aromatic N) is 3. The first-order valence-electron chi connectivity index (χ1n) is 5.96. The van der Waals surface area contributed by atoms with E-state index in [1.807, 2.05) is 18.2 Å². The lowest BCUT2D eigenvalue weighted by Gasteiger charge is -2.15. The second-order valence-electron chi connectivity index (χ2n) is 4.67. The number of carbonyl (C=O) groups is 1. The van der Waals surface area contributed by atoms with Crippen molar-refractivity contribution in [3.8, 4) is 0 Å². The third-order valence-electron chi connectivity index (χ3n) is 3.44. The van der Waals surface area contributed by atoms with Crippen molar-refractivity contribution >= 4 is 16.9 Å². The van der Waals surface area contributed by atoms with E-state index >= 15 is 0 Å². The number of nitrogens with two attached hydrogens (primary N) is 1. The number of aromatic nitrogens is 2. The van der Waals surface area contributed by atoms with Gasteiger partial charge in [0.25, 0.3) is 0 Å². The SMILES string of the molecule is NC(=O)C1CCN(Cc2cccc3nonc23)C1. The number of primary amides is 1. The first-order valence-corrected chi connectivity index (χ1v) is 5.96. The summed E-state index contributed by atoms with van der Waals surface area (Å²) in [5.74, 6) is -0.238. The zero-order valence-corrected chi connectivity index (χ0v) is 9.87. The average molecular weight is 246 g/mol. The Morgan fingerprint density at radius 1 is 1.50 bits per heavy atom. The van der Waals surface area contributed by atoms with E-state index in [1.165, 1.54) is 0 Å². The highest BCUT2D eigenvalue weighted by Crippen LogP contribution is 2.21. The van der Waals surface area contributed by atoms with Crippen LogP contribution < -0.4 is 5.73 Å². The number of benzene rings is 1. The number of hydrogen-bond donors (Lipinski definition) is 1. The fourth-order valence-electron chi connectivity index (χ4n) is 2.44. The van der Waals surface area contributed by atoms with E-state index in [1.54, 1.807) is 0 Å². The van der Waals surface area contributed by atoms with Gasteiger partial charge in [0.05, 0.1) is 5.92 Å². The van der Waals surface area contributed by atoms with Crippen LogP contribution in [0.25, 0.3) is 11.0 Å². The van der Waals surface area contributed by atoms with Crippen LogP contribution in [0.3, 0.4) is 0 Å². The fraction of sp³-hybridized carbons (Fsp3) is 0.417. The standard InChI is InChI=1S/C12H14N4O2/c13-12(17)9-4-5-16(7-9)6-8-2-1-3-10-11(8)15-18-14-10/h1-3,9H,4-7H2,(H2,13,17). The van der Waals surface area contributed by atoms with Crippen LogP contribution >= 0.6 is 0 Å². The second-order valence-corrected chi connectivity index (χ2v) is 4.67. The summed E-state index contributed by atoms with van der Waals surface area (Å²) in [6, 6.07) is 5.80. The van der Waals surface area contributed by atoms with Crippen molar-refractivity contribution in [2.75, 3.05) is 13.1 Å². The van der Waals surface area contributed by atoms with Gasteiger partial charge in [-0.25, -0.2) is 4.63 Å². The van der Waals surface area contributed by atoms with Crippen LogP contribution in [0, 0.1) is 5.92 Å². The molecular formula is C12H14N4O2. The molecule has 6 heteroatoms. The molecule has 18 heavy (non-hydrogen) atoms. The predicted octanol–water partition coefficient (Wildman–Crippen LogP) is 0.530. The van der Waals surface area contributed by atoms with E-state index < -0.39 is 0 Å². The number of rotatable bonds is 3. The molecule has 0 spiro atoms. The number of likely N-dealkylation sites (tertiary alicyclic amines) is 1. The highest BCUT2D eigenvalue weighted by Gasteiger charge is 2.26. The summed E-state index contributed by atoms with van der Waals surface area (Å²) in [4.78, 5) is 13.3. The van der Waals surface area contributed by atoms with Crippen LogP contribution in [-0.2, 0) is 11.3 Å². The van der Waals surface area contributed by atoms with Crippen molar-refractivity contribution in [3.63, 3.8) is 0 Å². The van der Waals surface area contributed by atoms with Crippen LogP contribution in [0.1, 0.15) is 12.0 Å². The number of amides is 1. The van der Waals surface area contributed by atoms with E-state index in [4.69, 9.17) is 10.4 Å². The molecule has 0 aliphatic carbocycles. The molecule has 2 aromatic rings. The number of carbonyl (C=O) groups excluding carboxylic acids is 1. The van der Waals surface area contributed by atoms with E-state index in [0.717, 1.165) is 42.7 Å². The van der Waals surface area contributed by atoms with Crippen molar-refractivity contribution in [1.82, 2.24) is 15.2 Å². The highest BCUT2D eigenvalue weighted by atomic mass is 16.6. The summed E-state index contributed by atoms with van der Waals surface area (Å²) in [5, 5.41) is 7.73. The maximum atomic E-state index is 11.1. The Morgan fingerprint density at radius 2 is 2.39 bits per heavy atom. The lowest BCUT2D eigenvalue weighted by molar-refractivity contribution is -0.121. The average Bonchev–Trinajstić information content (AvgIpc) is 2.97. The second kappa shape index (κ2) is 4.38. The van der Waals surface area contributed by atoms with Crippen LogP contribution in [0.5, 0.6) is 0 Å². The zero-order chi connectivity index (χ0) is 12.5. The molecule has 1 aromatic heterocycles. The van der Waals surface area contributed by atoms with Crippen molar-refractivity contribution in [1.29, 1.82) is 0 Å². The maximum Gasteiger partial charge on any atom is 0.221 e. The van der Waals surface area contributed by atoms with Crippen molar-refractivity contribution in [2.45, 2.75) is 13.0 Å². The van der Waals surface area contributed by atoms with Crippen LogP contribution in [0.15, 0.2) is 22.8 Å². The Bertz CT molecular complexity index is 580. The molecule has 3 rings (SSSR count). The fourth-order valence-corrected chi connectivity index (χ4v) is 2.44. The Labute approximate surface area is 104 Å². The highest BCUT2D eigenvalue weighted by molar-refractivity contribution is 5.77. The molecule has 1 amide bonds. The molecule has 6 nitrogen and oxygen atoms in total. The van der Waals surface area contributed by atoms with Gasteiger partial charge in [0.15, 0.2) is 0 Å². The smallest absolute Gasteiger partial charge is 0.221 e. The first kappa shape index (κ1) is 11.2. The van der Waals surface area contributed by atoms with E-state index in [2.05, 4.69) is 15.2 Å². The molecule has 0 saturated carbocycles. The molecule has 94 valence electrons. The van der Waals surface area contributed by atoms with Crippen LogP contribution in [0.4, 0.5) is 0 Å². The minimum atomic E-state index is -0.209. The number of hydrogen-bond acceptors (Lipinski definition) is 5. The van der Waals surface area contributed by atoms with Gasteiger partial charge in [0.2, 0.25) is 5.91 Å². The Morgan fingerprint density at radius 3 is 3.17 bits per heavy atom. The van der Waals surface area contributed by atoms with Gasteiger partial charge in [0, 0.05) is 13.1 Å². The van der Waals surface area contributed by atoms with Gasteiger partial charge in [-0.05, 0) is 34.9 Å². The Balaban J connectivity index is 1.77. The van der Waals surface area contributed by atoms with Gasteiger partial charge in [0.1, 0.15) is 11.0 Å². The summed E-state index contributed by atoms with van der Waals surface area (Å²) in [7, 11) is 0. The van der Waals surface area contributed by atoms with E-state index in [-0.39, 0.29) is 11.8 Å². The normalized spacial score (nSPS) is 20.6. The van der Waals surface area contributed by atoms with Gasteiger partial charge in [-0.2, -0.15) is 0 Å². The van der Waals surface area contributed by atoms with E-state index in [9.17, 15) is 4.79 Å². The molecule has 1 aromatic carbocycles. The molecule has 1 unspecified atom stereocenters. The lowest BCUT2D eigenvalue weighted by Crippen LogP contribution is -2.27. The molecule has 1 atom stereocenters. The molecule has 2 heterocycles. The van der Waals surface area contributed by atoms with Crippen LogP contribution in [-0.4, -0.2) is 34.2 Å². The molecular weight excluding hydrogens is 232 g/mol. The minimum absolute atomic E-state index is 0.0281. The molecule has 1 aliphatic heterocycles. The third-order valence-corrected chi connectivity index (χ3v) is 3.44. The maximum absolute atomic E-state index is 11.1. The van der Waals surface area contributed by atoms with Gasteiger partial charge in [-0.1, -0.05) is 12.1 Å². The quantitative estimate of drug-likeness (QED) is 0.853. The lowest BCUT2D eigenvalue weighted by atomic mass is 10.1. The molecule has 1 aliphatic rings. The Kier molecular flexibility index (Phi) is 2.71. The zero-order valence-electron chi connectivity index (χ0n) is 9.87. The van der Waals surface area contributed by atoms with Crippen molar-refractivity contribution in [3.05, 3.63) is 23.8 Å². The summed E-state index contributed by atoms with van der Waals surface area (Å²) in [5.41, 5.74) is 7.95. The van der Waals surface area contributed by atoms with Gasteiger partial charge in [-0.3, -0.25) is 9.69 Å². The van der Waals surface area contributed by atoms with Crippen LogP contribution in [0.2, 0.25) is 0 Å². The van der Waals surface area contributed by atoms with Gasteiger partial charge < -0.3 is 5.73 Å².